The highest BCUT2D eigenvalue weighted by Crippen LogP contribution is 2.62. The Hall–Kier alpha value is -5.80. The van der Waals surface area contributed by atoms with Crippen LogP contribution < -0.4 is 21.1 Å². The normalized spacial score (nSPS) is 20.5. The van der Waals surface area contributed by atoms with E-state index in [0.717, 1.165) is 13.0 Å². The number of rotatable bonds is 4. The van der Waals surface area contributed by atoms with Gasteiger partial charge in [0, 0.05) is 28.0 Å². The smallest absolute Gasteiger partial charge is 0.198 e. The third-order valence-corrected chi connectivity index (χ3v) is 15.5. The standard InChI is InChI=1S/C57H55BN2/c1-36-20-18-21-37(2)50(36)38-32-43(51-49(33-38)60-53-46(55(6)30-16-17-31-56(55,60)7)34-41(54(3,4)5)35-47(53)58-51)42-26-19-28-45-52(42)59-48-29-15-14-27-44(48)57(45,39-22-10-8-11-23-39)40-24-12-9-13-25-40/h8-15,18-29,32-35,58-59H,16-17,30-31H2,1-7H3. The van der Waals surface area contributed by atoms with Crippen molar-refractivity contribution in [2.45, 2.75) is 95.9 Å². The lowest BCUT2D eigenvalue weighted by atomic mass is 9.56. The first kappa shape index (κ1) is 37.2. The maximum atomic E-state index is 4.12. The Balaban J connectivity index is 1.25. The largest absolute Gasteiger partial charge is 0.354 e. The van der Waals surface area contributed by atoms with Crippen molar-refractivity contribution in [3.8, 4) is 22.3 Å². The van der Waals surface area contributed by atoms with Crippen molar-refractivity contribution >= 4 is 41.0 Å². The highest BCUT2D eigenvalue weighted by molar-refractivity contribution is 6.73. The molecular weight excluding hydrogens is 723 g/mol. The number of nitrogens with zero attached hydrogens (tertiary/aromatic N) is 1. The third kappa shape index (κ3) is 5.02. The van der Waals surface area contributed by atoms with Gasteiger partial charge in [0.1, 0.15) is 0 Å². The first-order chi connectivity index (χ1) is 28.9. The summed E-state index contributed by atoms with van der Waals surface area (Å²) in [5.41, 5.74) is 23.6. The molecule has 7 aromatic rings. The molecule has 0 bridgehead atoms. The molecule has 3 aliphatic heterocycles. The SMILES string of the molecule is Cc1cccc(C)c1-c1cc(-c2cccc3c2Nc2ccccc2C3(c2ccccc2)c2ccccc2)c2c(c1)N1c3c(cc(C(C)(C)C)cc3C3(C)CCCCC13C)B2. The number of nitrogens with one attached hydrogen (secondary N) is 1. The number of benzene rings is 7. The van der Waals surface area contributed by atoms with Crippen LogP contribution in [0.1, 0.15) is 105 Å². The summed E-state index contributed by atoms with van der Waals surface area (Å²) in [7, 11) is 0.898. The molecule has 1 fully saturated rings. The molecule has 0 radical (unpaired) electrons. The average molecular weight is 779 g/mol. The van der Waals surface area contributed by atoms with E-state index in [1.165, 1.54) is 115 Å². The van der Waals surface area contributed by atoms with Crippen LogP contribution in [0.25, 0.3) is 22.3 Å². The van der Waals surface area contributed by atoms with Gasteiger partial charge in [-0.05, 0) is 124 Å². The average Bonchev–Trinajstić information content (AvgIpc) is 3.46. The van der Waals surface area contributed by atoms with Crippen LogP contribution in [-0.2, 0) is 16.2 Å². The molecule has 1 saturated carbocycles. The summed E-state index contributed by atoms with van der Waals surface area (Å²) in [5, 5.41) is 4.12. The zero-order valence-corrected chi connectivity index (χ0v) is 36.3. The molecule has 2 nitrogen and oxygen atoms in total. The molecule has 4 aliphatic rings. The van der Waals surface area contributed by atoms with Gasteiger partial charge in [0.2, 0.25) is 0 Å². The number of fused-ring (bicyclic) bond motifs is 7. The van der Waals surface area contributed by atoms with Crippen LogP contribution in [0.2, 0.25) is 0 Å². The predicted molar refractivity (Wildman–Crippen MR) is 256 cm³/mol. The lowest BCUT2D eigenvalue weighted by molar-refractivity contribution is 0.195. The van der Waals surface area contributed by atoms with Gasteiger partial charge in [-0.25, -0.2) is 0 Å². The van der Waals surface area contributed by atoms with E-state index < -0.39 is 5.41 Å². The minimum absolute atomic E-state index is 0.0454. The number of aryl methyl sites for hydroxylation is 2. The molecule has 11 rings (SSSR count). The predicted octanol–water partition coefficient (Wildman–Crippen LogP) is 12.8. The maximum Gasteiger partial charge on any atom is 0.198 e. The van der Waals surface area contributed by atoms with Crippen molar-refractivity contribution in [2.24, 2.45) is 0 Å². The van der Waals surface area contributed by atoms with Crippen molar-refractivity contribution in [1.82, 2.24) is 0 Å². The highest BCUT2D eigenvalue weighted by Gasteiger charge is 2.60. The Kier molecular flexibility index (Phi) is 8.13. The second-order valence-corrected chi connectivity index (χ2v) is 19.8. The number of para-hydroxylation sites is 2. The second-order valence-electron chi connectivity index (χ2n) is 19.8. The van der Waals surface area contributed by atoms with E-state index >= 15 is 0 Å². The van der Waals surface area contributed by atoms with Crippen LogP contribution in [0, 0.1) is 13.8 Å². The van der Waals surface area contributed by atoms with Gasteiger partial charge in [0.15, 0.2) is 7.28 Å². The Morgan fingerprint density at radius 2 is 1.25 bits per heavy atom. The van der Waals surface area contributed by atoms with Crippen LogP contribution in [-0.4, -0.2) is 12.8 Å². The fourth-order valence-electron chi connectivity index (χ4n) is 12.3. The monoisotopic (exact) mass is 778 g/mol. The van der Waals surface area contributed by atoms with Crippen molar-refractivity contribution in [1.29, 1.82) is 0 Å². The van der Waals surface area contributed by atoms with Crippen LogP contribution in [0.4, 0.5) is 22.7 Å². The summed E-state index contributed by atoms with van der Waals surface area (Å²) in [6, 6.07) is 55.6. The van der Waals surface area contributed by atoms with Gasteiger partial charge in [-0.15, -0.1) is 0 Å². The summed E-state index contributed by atoms with van der Waals surface area (Å²) in [4.78, 5) is 2.87. The van der Waals surface area contributed by atoms with Gasteiger partial charge in [-0.1, -0.05) is 173 Å². The first-order valence-corrected chi connectivity index (χ1v) is 22.3. The fourth-order valence-corrected chi connectivity index (χ4v) is 12.3. The van der Waals surface area contributed by atoms with Crippen LogP contribution in [0.5, 0.6) is 0 Å². The lowest BCUT2D eigenvalue weighted by Crippen LogP contribution is -2.57. The topological polar surface area (TPSA) is 15.3 Å². The second kappa shape index (κ2) is 13.1. The minimum Gasteiger partial charge on any atom is -0.354 e. The zero-order chi connectivity index (χ0) is 41.2. The van der Waals surface area contributed by atoms with Crippen LogP contribution in [0.3, 0.4) is 0 Å². The number of hydrogen-bond donors (Lipinski definition) is 1. The van der Waals surface area contributed by atoms with Gasteiger partial charge in [-0.3, -0.25) is 0 Å². The Morgan fingerprint density at radius 1 is 0.617 bits per heavy atom. The summed E-state index contributed by atoms with van der Waals surface area (Å²) < 4.78 is 0. The zero-order valence-electron chi connectivity index (χ0n) is 36.3. The molecule has 2 unspecified atom stereocenters. The Labute approximate surface area is 358 Å². The molecule has 60 heavy (non-hydrogen) atoms. The van der Waals surface area contributed by atoms with Gasteiger partial charge in [0.25, 0.3) is 0 Å². The summed E-state index contributed by atoms with van der Waals surface area (Å²) >= 11 is 0. The van der Waals surface area contributed by atoms with Crippen LogP contribution >= 0.6 is 0 Å². The summed E-state index contributed by atoms with van der Waals surface area (Å²) in [6.07, 6.45) is 4.94. The quantitative estimate of drug-likeness (QED) is 0.179. The fraction of sp³-hybridized carbons (Fsp3) is 0.263. The Bertz CT molecular complexity index is 2810. The van der Waals surface area contributed by atoms with E-state index in [0.29, 0.717) is 0 Å². The van der Waals surface area contributed by atoms with Gasteiger partial charge in [-0.2, -0.15) is 0 Å². The van der Waals surface area contributed by atoms with E-state index in [4.69, 9.17) is 0 Å². The summed E-state index contributed by atoms with van der Waals surface area (Å²) in [6.45, 7) is 16.9. The van der Waals surface area contributed by atoms with E-state index in [-0.39, 0.29) is 16.4 Å². The molecule has 0 amide bonds. The van der Waals surface area contributed by atoms with Gasteiger partial charge < -0.3 is 10.2 Å². The van der Waals surface area contributed by atoms with Crippen LogP contribution in [0.15, 0.2) is 146 Å². The maximum absolute atomic E-state index is 4.12. The number of anilines is 4. The molecule has 2 atom stereocenters. The molecule has 0 spiro atoms. The Morgan fingerprint density at radius 3 is 1.95 bits per heavy atom. The first-order valence-electron chi connectivity index (χ1n) is 22.3. The highest BCUT2D eigenvalue weighted by atomic mass is 15.3. The number of hydrogen-bond acceptors (Lipinski definition) is 2. The molecule has 3 heterocycles. The molecular formula is C57H55BN2. The van der Waals surface area contributed by atoms with Crippen molar-refractivity contribution in [3.63, 3.8) is 0 Å². The molecule has 0 aromatic heterocycles. The van der Waals surface area contributed by atoms with E-state index in [1.807, 2.05) is 0 Å². The van der Waals surface area contributed by atoms with Crippen molar-refractivity contribution < 1.29 is 0 Å². The summed E-state index contributed by atoms with van der Waals surface area (Å²) in [5.74, 6) is 0. The minimum atomic E-state index is -0.532. The molecule has 1 N–H and O–H groups in total. The van der Waals surface area contributed by atoms with E-state index in [1.54, 1.807) is 5.56 Å². The molecule has 296 valence electrons. The lowest BCUT2D eigenvalue weighted by Gasteiger charge is -2.51. The van der Waals surface area contributed by atoms with Crippen molar-refractivity contribution in [3.05, 3.63) is 190 Å². The van der Waals surface area contributed by atoms with Gasteiger partial charge >= 0.3 is 0 Å². The molecule has 1 aliphatic carbocycles. The van der Waals surface area contributed by atoms with E-state index in [2.05, 4.69) is 204 Å². The van der Waals surface area contributed by atoms with Gasteiger partial charge in [0.05, 0.1) is 16.6 Å². The van der Waals surface area contributed by atoms with E-state index in [9.17, 15) is 0 Å². The van der Waals surface area contributed by atoms with Crippen molar-refractivity contribution in [2.75, 3.05) is 10.2 Å². The third-order valence-electron chi connectivity index (χ3n) is 15.5. The molecule has 0 saturated heterocycles. The molecule has 7 aromatic carbocycles. The molecule has 3 heteroatoms.